The lowest BCUT2D eigenvalue weighted by molar-refractivity contribution is -0.148. The summed E-state index contributed by atoms with van der Waals surface area (Å²) < 4.78 is 0. The summed E-state index contributed by atoms with van der Waals surface area (Å²) in [5.41, 5.74) is 0.391. The van der Waals surface area contributed by atoms with Crippen molar-refractivity contribution in [1.29, 1.82) is 0 Å². The number of nitrogens with one attached hydrogen (secondary N) is 1. The zero-order valence-electron chi connectivity index (χ0n) is 17.2. The van der Waals surface area contributed by atoms with E-state index >= 15 is 0 Å². The molecule has 1 aromatic rings. The number of likely N-dealkylation sites (tertiary alicyclic amines) is 2. The van der Waals surface area contributed by atoms with E-state index < -0.39 is 11.5 Å². The van der Waals surface area contributed by atoms with Crippen molar-refractivity contribution in [3.8, 4) is 0 Å². The van der Waals surface area contributed by atoms with Crippen molar-refractivity contribution in [3.05, 3.63) is 35.9 Å². The molecule has 29 heavy (non-hydrogen) atoms. The fourth-order valence-corrected chi connectivity index (χ4v) is 5.18. The van der Waals surface area contributed by atoms with Crippen LogP contribution in [-0.2, 0) is 9.59 Å². The minimum Gasteiger partial charge on any atom is -0.391 e. The lowest BCUT2D eigenvalue weighted by atomic mass is 9.69. The minimum absolute atomic E-state index is 0.0251. The molecule has 1 aromatic carbocycles. The van der Waals surface area contributed by atoms with Crippen LogP contribution in [0.5, 0.6) is 0 Å². The Labute approximate surface area is 173 Å². The lowest BCUT2D eigenvalue weighted by Crippen LogP contribution is -2.57. The van der Waals surface area contributed by atoms with Crippen LogP contribution < -0.4 is 5.32 Å². The van der Waals surface area contributed by atoms with Gasteiger partial charge in [0.05, 0.1) is 17.6 Å². The number of hydrogen-bond donors (Lipinski definition) is 2. The molecule has 0 aromatic heterocycles. The third kappa shape index (κ3) is 4.48. The van der Waals surface area contributed by atoms with E-state index in [0.29, 0.717) is 38.8 Å². The molecule has 3 fully saturated rings. The van der Waals surface area contributed by atoms with E-state index in [1.54, 1.807) is 0 Å². The highest BCUT2D eigenvalue weighted by molar-refractivity contribution is 5.85. The Morgan fingerprint density at radius 3 is 2.45 bits per heavy atom. The molecule has 0 radical (unpaired) electrons. The molecule has 2 amide bonds. The van der Waals surface area contributed by atoms with Gasteiger partial charge in [-0.2, -0.15) is 0 Å². The molecular weight excluding hydrogens is 366 g/mol. The molecule has 3 aliphatic rings. The van der Waals surface area contributed by atoms with Crippen LogP contribution in [0.1, 0.15) is 56.6 Å². The van der Waals surface area contributed by atoms with Gasteiger partial charge in [0.15, 0.2) is 0 Å². The van der Waals surface area contributed by atoms with Gasteiger partial charge in [0.1, 0.15) is 0 Å². The Balaban J connectivity index is 1.30. The third-order valence-electron chi connectivity index (χ3n) is 7.08. The molecule has 6 heteroatoms. The number of carbonyl (C=O) groups excluding carboxylic acids is 2. The second-order valence-electron chi connectivity index (χ2n) is 8.95. The maximum absolute atomic E-state index is 13.0. The Kier molecular flexibility index (Phi) is 6.20. The first-order valence-corrected chi connectivity index (χ1v) is 11.1. The highest BCUT2D eigenvalue weighted by atomic mass is 16.3. The van der Waals surface area contributed by atoms with E-state index in [0.717, 1.165) is 25.2 Å². The topological polar surface area (TPSA) is 72.9 Å². The zero-order valence-corrected chi connectivity index (χ0v) is 17.2. The van der Waals surface area contributed by atoms with Gasteiger partial charge in [0.25, 0.3) is 0 Å². The molecule has 0 unspecified atom stereocenters. The summed E-state index contributed by atoms with van der Waals surface area (Å²) in [5, 5.41) is 13.8. The predicted molar refractivity (Wildman–Crippen MR) is 111 cm³/mol. The quantitative estimate of drug-likeness (QED) is 0.813. The number of carbonyl (C=O) groups is 2. The van der Waals surface area contributed by atoms with Crippen LogP contribution in [0.2, 0.25) is 0 Å². The fraction of sp³-hybridized carbons (Fsp3) is 0.652. The van der Waals surface area contributed by atoms with Crippen molar-refractivity contribution in [2.45, 2.75) is 57.1 Å². The second-order valence-corrected chi connectivity index (χ2v) is 8.95. The van der Waals surface area contributed by atoms with E-state index in [2.05, 4.69) is 10.2 Å². The molecule has 2 atom stereocenters. The second kappa shape index (κ2) is 8.84. The summed E-state index contributed by atoms with van der Waals surface area (Å²) in [5.74, 6) is 0.224. The van der Waals surface area contributed by atoms with Crippen LogP contribution in [0.15, 0.2) is 30.3 Å². The number of nitrogens with zero attached hydrogens (tertiary/aromatic N) is 2. The van der Waals surface area contributed by atoms with Crippen LogP contribution >= 0.6 is 0 Å². The maximum atomic E-state index is 13.0. The maximum Gasteiger partial charge on any atom is 0.227 e. The molecule has 158 valence electrons. The number of amides is 2. The zero-order chi connectivity index (χ0) is 20.3. The highest BCUT2D eigenvalue weighted by Gasteiger charge is 2.49. The summed E-state index contributed by atoms with van der Waals surface area (Å²) in [6.45, 7) is 4.27. The summed E-state index contributed by atoms with van der Waals surface area (Å²) >= 11 is 0. The number of aliphatic hydroxyl groups is 1. The van der Waals surface area contributed by atoms with Crippen LogP contribution in [0.3, 0.4) is 0 Å². The first kappa shape index (κ1) is 20.4. The van der Waals surface area contributed by atoms with Gasteiger partial charge in [-0.05, 0) is 50.8 Å². The molecule has 0 saturated carbocycles. The molecule has 1 spiro atoms. The monoisotopic (exact) mass is 399 g/mol. The van der Waals surface area contributed by atoms with Crippen molar-refractivity contribution in [2.75, 3.05) is 32.7 Å². The normalized spacial score (nSPS) is 27.6. The predicted octanol–water partition coefficient (Wildman–Crippen LogP) is 2.09. The van der Waals surface area contributed by atoms with Gasteiger partial charge in [0, 0.05) is 26.1 Å². The van der Waals surface area contributed by atoms with E-state index in [-0.39, 0.29) is 17.9 Å². The van der Waals surface area contributed by atoms with Crippen LogP contribution in [0, 0.1) is 5.41 Å². The largest absolute Gasteiger partial charge is 0.391 e. The molecule has 0 aliphatic carbocycles. The summed E-state index contributed by atoms with van der Waals surface area (Å²) in [4.78, 5) is 29.9. The molecule has 4 rings (SSSR count). The molecule has 2 N–H and O–H groups in total. The van der Waals surface area contributed by atoms with Gasteiger partial charge in [-0.25, -0.2) is 0 Å². The average molecular weight is 400 g/mol. The van der Waals surface area contributed by atoms with Crippen molar-refractivity contribution < 1.29 is 14.7 Å². The number of benzene rings is 1. The summed E-state index contributed by atoms with van der Waals surface area (Å²) in [6.07, 6.45) is 5.48. The molecular formula is C23H33N3O3. The average Bonchev–Trinajstić information content (AvgIpc) is 2.76. The van der Waals surface area contributed by atoms with Gasteiger partial charge >= 0.3 is 0 Å². The van der Waals surface area contributed by atoms with Crippen LogP contribution in [0.25, 0.3) is 0 Å². The Morgan fingerprint density at radius 1 is 1.07 bits per heavy atom. The van der Waals surface area contributed by atoms with Crippen molar-refractivity contribution >= 4 is 11.8 Å². The molecule has 0 bridgehead atoms. The molecule has 3 aliphatic heterocycles. The van der Waals surface area contributed by atoms with Gasteiger partial charge in [-0.15, -0.1) is 0 Å². The van der Waals surface area contributed by atoms with Gasteiger partial charge < -0.3 is 20.2 Å². The van der Waals surface area contributed by atoms with E-state index in [9.17, 15) is 14.7 Å². The van der Waals surface area contributed by atoms with Crippen molar-refractivity contribution in [1.82, 2.24) is 15.1 Å². The van der Waals surface area contributed by atoms with Gasteiger partial charge in [0.2, 0.25) is 11.8 Å². The Bertz CT molecular complexity index is 709. The highest BCUT2D eigenvalue weighted by Crippen LogP contribution is 2.42. The molecule has 6 nitrogen and oxygen atoms in total. The van der Waals surface area contributed by atoms with E-state index in [4.69, 9.17) is 0 Å². The number of piperidine rings is 3. The van der Waals surface area contributed by atoms with E-state index in [1.807, 2.05) is 35.2 Å². The number of aliphatic hydroxyl groups excluding tert-OH is 1. The summed E-state index contributed by atoms with van der Waals surface area (Å²) in [7, 11) is 0. The first-order chi connectivity index (χ1) is 14.1. The summed E-state index contributed by atoms with van der Waals surface area (Å²) in [6, 6.07) is 9.31. The van der Waals surface area contributed by atoms with Crippen molar-refractivity contribution in [3.63, 3.8) is 0 Å². The SMILES string of the molecule is O=C(CCN1CCCCC1)N1CCC2(CC1)C[C@@H](O)[C@H](c1ccccc1)NC2=O. The minimum atomic E-state index is -0.601. The van der Waals surface area contributed by atoms with Gasteiger partial charge in [-0.1, -0.05) is 36.8 Å². The number of hydrogen-bond acceptors (Lipinski definition) is 4. The molecule has 3 saturated heterocycles. The van der Waals surface area contributed by atoms with Crippen molar-refractivity contribution in [2.24, 2.45) is 5.41 Å². The Morgan fingerprint density at radius 2 is 1.76 bits per heavy atom. The smallest absolute Gasteiger partial charge is 0.227 e. The van der Waals surface area contributed by atoms with Crippen LogP contribution in [0.4, 0.5) is 0 Å². The number of rotatable bonds is 4. The molecule has 3 heterocycles. The lowest BCUT2D eigenvalue weighted by Gasteiger charge is -2.46. The Hall–Kier alpha value is -1.92. The standard InChI is InChI=1S/C23H33N3O3/c27-19-17-23(22(29)24-21(19)18-7-3-1-4-8-18)10-15-26(16-11-23)20(28)9-14-25-12-5-2-6-13-25/h1,3-4,7-8,19,21,27H,2,5-6,9-17H2,(H,24,29)/t19-,21+/m1/s1. The fourth-order valence-electron chi connectivity index (χ4n) is 5.18. The van der Waals surface area contributed by atoms with E-state index in [1.165, 1.54) is 19.3 Å². The van der Waals surface area contributed by atoms with Crippen LogP contribution in [-0.4, -0.2) is 65.5 Å². The first-order valence-electron chi connectivity index (χ1n) is 11.1. The third-order valence-corrected chi connectivity index (χ3v) is 7.08. The van der Waals surface area contributed by atoms with Gasteiger partial charge in [-0.3, -0.25) is 9.59 Å².